The summed E-state index contributed by atoms with van der Waals surface area (Å²) in [5, 5.41) is 0. The number of halogens is 3. The summed E-state index contributed by atoms with van der Waals surface area (Å²) in [5.41, 5.74) is -0.321. The molecule has 0 nitrogen and oxygen atoms in total. The van der Waals surface area contributed by atoms with E-state index in [1.807, 2.05) is 0 Å². The van der Waals surface area contributed by atoms with Crippen LogP contribution < -0.4 is 0 Å². The van der Waals surface area contributed by atoms with Gasteiger partial charge >= 0.3 is 0 Å². The van der Waals surface area contributed by atoms with Crippen LogP contribution in [0.25, 0.3) is 0 Å². The Labute approximate surface area is 46.7 Å². The van der Waals surface area contributed by atoms with Gasteiger partial charge in [0.1, 0.15) is 4.49 Å². The van der Waals surface area contributed by atoms with E-state index in [1.54, 1.807) is 0 Å². The molecule has 0 atom stereocenters. The molecule has 0 saturated heterocycles. The first-order valence-electron chi connectivity index (χ1n) is 1.32. The Hall–Kier alpha value is 0.610. The average molecular weight is 132 g/mol. The minimum Gasteiger partial charge on any atom is -0.0904 e. The van der Waals surface area contributed by atoms with Crippen LogP contribution in [0.2, 0.25) is 0 Å². The summed E-state index contributed by atoms with van der Waals surface area (Å²) in [6.45, 7) is 0. The fraction of sp³-hybridized carbons (Fsp3) is 0. The molecule has 0 fully saturated rings. The Balaban J connectivity index is 3.68. The standard InChI is InChI=1S/C2HCl3/c3-1-2(4)5/h1H/i1D. The van der Waals surface area contributed by atoms with Crippen molar-refractivity contribution in [3.05, 3.63) is 10.0 Å². The van der Waals surface area contributed by atoms with Crippen molar-refractivity contribution in [3.8, 4) is 0 Å². The van der Waals surface area contributed by atoms with E-state index in [9.17, 15) is 0 Å². The lowest BCUT2D eigenvalue weighted by Gasteiger charge is -1.64. The molecule has 0 spiro atoms. The number of rotatable bonds is 0. The Bertz CT molecular complexity index is 58.9. The fourth-order valence-corrected chi connectivity index (χ4v) is 0. The van der Waals surface area contributed by atoms with Gasteiger partial charge in [-0.05, 0) is 0 Å². The van der Waals surface area contributed by atoms with E-state index in [0.29, 0.717) is 0 Å². The lowest BCUT2D eigenvalue weighted by molar-refractivity contribution is 2.36. The monoisotopic (exact) mass is 131 g/mol. The molecule has 0 aromatic rings. The molecular weight excluding hydrogens is 130 g/mol. The molecule has 0 aliphatic rings. The van der Waals surface area contributed by atoms with Gasteiger partial charge in [0, 0.05) is 5.51 Å². The third kappa shape index (κ3) is 4.61. The largest absolute Gasteiger partial charge is 0.118 e. The quantitative estimate of drug-likeness (QED) is 0.475. The first-order valence-corrected chi connectivity index (χ1v) is 1.95. The highest BCUT2D eigenvalue weighted by atomic mass is 35.5. The van der Waals surface area contributed by atoms with Crippen LogP contribution in [-0.4, -0.2) is 0 Å². The van der Waals surface area contributed by atoms with E-state index in [1.165, 1.54) is 0 Å². The lowest BCUT2D eigenvalue weighted by atomic mass is 11.2. The molecule has 0 heterocycles. The summed E-state index contributed by atoms with van der Waals surface area (Å²) in [5.74, 6) is 0. The van der Waals surface area contributed by atoms with Crippen molar-refractivity contribution in [1.29, 1.82) is 0 Å². The summed E-state index contributed by atoms with van der Waals surface area (Å²) in [4.78, 5) is 0. The molecule has 3 heteroatoms. The van der Waals surface area contributed by atoms with Crippen LogP contribution in [-0.2, 0) is 0 Å². The molecule has 0 aromatic carbocycles. The van der Waals surface area contributed by atoms with Crippen LogP contribution in [0.3, 0.4) is 0 Å². The van der Waals surface area contributed by atoms with E-state index in [-0.39, 0.29) is 10.0 Å². The summed E-state index contributed by atoms with van der Waals surface area (Å²) < 4.78 is 6.22. The number of hydrogen-bond acceptors (Lipinski definition) is 0. The second-order valence-electron chi connectivity index (χ2n) is 0.355. The molecule has 0 aromatic heterocycles. The predicted octanol–water partition coefficient (Wildman–Crippen LogP) is 2.50. The molecule has 0 N–H and O–H groups in total. The van der Waals surface area contributed by atoms with Crippen LogP contribution in [0, 0.1) is 0 Å². The second-order valence-corrected chi connectivity index (χ2v) is 1.49. The second kappa shape index (κ2) is 2.83. The van der Waals surface area contributed by atoms with Crippen LogP contribution in [0.1, 0.15) is 1.37 Å². The zero-order chi connectivity index (χ0) is 5.15. The van der Waals surface area contributed by atoms with E-state index in [0.717, 1.165) is 0 Å². The molecule has 5 heavy (non-hydrogen) atoms. The van der Waals surface area contributed by atoms with Gasteiger partial charge in [0.2, 0.25) is 0 Å². The van der Waals surface area contributed by atoms with Crippen LogP contribution in [0.4, 0.5) is 0 Å². The van der Waals surface area contributed by atoms with E-state index in [2.05, 4.69) is 0 Å². The third-order valence-electron chi connectivity index (χ3n) is 0.0714. The molecular formula is C2HCl3. The van der Waals surface area contributed by atoms with Gasteiger partial charge in [-0.15, -0.1) is 0 Å². The first kappa shape index (κ1) is 3.79. The molecule has 0 bridgehead atoms. The highest BCUT2D eigenvalue weighted by Crippen LogP contribution is 2.05. The molecule has 0 radical (unpaired) electrons. The predicted molar refractivity (Wildman–Crippen MR) is 25.6 cm³/mol. The van der Waals surface area contributed by atoms with Crippen molar-refractivity contribution in [2.75, 3.05) is 0 Å². The molecule has 0 saturated carbocycles. The summed E-state index contributed by atoms with van der Waals surface area (Å²) >= 11 is 14.8. The normalized spacial score (nSPS) is 9.80. The van der Waals surface area contributed by atoms with Crippen molar-refractivity contribution in [1.82, 2.24) is 0 Å². The highest BCUT2D eigenvalue weighted by molar-refractivity contribution is 6.58. The molecule has 30 valence electrons. The molecule has 0 aliphatic heterocycles. The summed E-state index contributed by atoms with van der Waals surface area (Å²) in [6.07, 6.45) is 0. The zero-order valence-electron chi connectivity index (χ0n) is 3.13. The SMILES string of the molecule is [2H]C(Cl)=C(Cl)Cl. The van der Waals surface area contributed by atoms with Crippen molar-refractivity contribution in [2.45, 2.75) is 0 Å². The van der Waals surface area contributed by atoms with Gasteiger partial charge in [0.05, 0.1) is 1.37 Å². The maximum absolute atomic E-state index is 6.41. The maximum atomic E-state index is 6.41. The topological polar surface area (TPSA) is 0 Å². The van der Waals surface area contributed by atoms with Crippen molar-refractivity contribution >= 4 is 34.8 Å². The zero-order valence-corrected chi connectivity index (χ0v) is 4.40. The van der Waals surface area contributed by atoms with Gasteiger partial charge < -0.3 is 0 Å². The van der Waals surface area contributed by atoms with Gasteiger partial charge in [-0.1, -0.05) is 34.8 Å². The maximum Gasteiger partial charge on any atom is 0.118 e. The summed E-state index contributed by atoms with van der Waals surface area (Å²) in [6, 6.07) is 0. The Morgan fingerprint density at radius 1 is 1.80 bits per heavy atom. The molecule has 0 aliphatic carbocycles. The number of hydrogen-bond donors (Lipinski definition) is 0. The van der Waals surface area contributed by atoms with Gasteiger partial charge in [-0.2, -0.15) is 0 Å². The minimum absolute atomic E-state index is 0.198. The molecule has 0 rings (SSSR count). The van der Waals surface area contributed by atoms with Crippen LogP contribution in [0.15, 0.2) is 10.0 Å². The highest BCUT2D eigenvalue weighted by Gasteiger charge is 1.70. The van der Waals surface area contributed by atoms with Crippen molar-refractivity contribution in [3.63, 3.8) is 0 Å². The van der Waals surface area contributed by atoms with Gasteiger partial charge in [0.15, 0.2) is 0 Å². The van der Waals surface area contributed by atoms with Crippen molar-refractivity contribution < 1.29 is 1.37 Å². The Morgan fingerprint density at radius 2 is 2.00 bits per heavy atom. The first-order chi connectivity index (χ1) is 2.64. The lowest BCUT2D eigenvalue weighted by Crippen LogP contribution is -1.33. The van der Waals surface area contributed by atoms with E-state index in [4.69, 9.17) is 36.2 Å². The van der Waals surface area contributed by atoms with Crippen LogP contribution >= 0.6 is 34.8 Å². The van der Waals surface area contributed by atoms with E-state index >= 15 is 0 Å². The third-order valence-corrected chi connectivity index (χ3v) is 0.643. The minimum atomic E-state index is -0.321. The average Bonchev–Trinajstić information content (AvgIpc) is 1.36. The van der Waals surface area contributed by atoms with Gasteiger partial charge in [-0.3, -0.25) is 0 Å². The van der Waals surface area contributed by atoms with Gasteiger partial charge in [-0.25, -0.2) is 0 Å². The Morgan fingerprint density at radius 3 is 2.00 bits per heavy atom. The van der Waals surface area contributed by atoms with Crippen molar-refractivity contribution in [2.24, 2.45) is 0 Å². The Kier molecular flexibility index (Phi) is 2.14. The smallest absolute Gasteiger partial charge is 0.0904 e. The molecule has 0 unspecified atom stereocenters. The summed E-state index contributed by atoms with van der Waals surface area (Å²) in [7, 11) is 0. The molecule has 0 amide bonds. The fourth-order valence-electron chi connectivity index (χ4n) is 0. The van der Waals surface area contributed by atoms with E-state index < -0.39 is 0 Å². The van der Waals surface area contributed by atoms with Crippen LogP contribution in [0.5, 0.6) is 0 Å². The van der Waals surface area contributed by atoms with Gasteiger partial charge in [0.25, 0.3) is 0 Å².